The number of rotatable bonds is 18. The lowest BCUT2D eigenvalue weighted by atomic mass is 10.1. The molecule has 32 heavy (non-hydrogen) atoms. The van der Waals surface area contributed by atoms with Crippen LogP contribution in [0.1, 0.15) is 102 Å². The Bertz CT molecular complexity index is 596. The lowest BCUT2D eigenvalue weighted by Gasteiger charge is -2.29. The summed E-state index contributed by atoms with van der Waals surface area (Å²) in [5, 5.41) is 0. The number of unbranched alkanes of at least 4 members (excludes halogenated alkanes) is 10. The van der Waals surface area contributed by atoms with E-state index in [2.05, 4.69) is 74.5 Å². The summed E-state index contributed by atoms with van der Waals surface area (Å²) in [6.45, 7) is 4.63. The Kier molecular flexibility index (Phi) is 16.9. The van der Waals surface area contributed by atoms with Crippen LogP contribution in [0.2, 0.25) is 0 Å². The highest BCUT2D eigenvalue weighted by Gasteiger charge is 2.36. The molecule has 2 aromatic carbocycles. The lowest BCUT2D eigenvalue weighted by Crippen LogP contribution is -3.00. The van der Waals surface area contributed by atoms with Gasteiger partial charge in [0, 0.05) is 7.26 Å². The minimum absolute atomic E-state index is 0. The maximum atomic E-state index is 2.38. The zero-order valence-electron chi connectivity index (χ0n) is 20.9. The van der Waals surface area contributed by atoms with Crippen LogP contribution in [0.4, 0.5) is 0 Å². The van der Waals surface area contributed by atoms with Crippen molar-refractivity contribution >= 4 is 7.26 Å². The standard InChI is InChI=1S/C30H48P.ClH/c1-3-5-7-9-11-19-25-31(26-20-12-10-8-6-4-2,27-29-21-15-13-16-22-29)28-30-23-17-14-18-24-30;/h13-18,21-24H,3-12,19-20,25-28H2,1-2H3;1H/q+1;/p-1. The Balaban J connectivity index is 0.00000512. The van der Waals surface area contributed by atoms with Crippen LogP contribution in [-0.2, 0) is 12.3 Å². The molecule has 0 atom stereocenters. The first-order valence-corrected chi connectivity index (χ1v) is 15.7. The molecule has 0 saturated carbocycles. The van der Waals surface area contributed by atoms with Crippen molar-refractivity contribution in [3.8, 4) is 0 Å². The molecule has 2 rings (SSSR count). The number of halogens is 1. The van der Waals surface area contributed by atoms with Gasteiger partial charge < -0.3 is 12.4 Å². The van der Waals surface area contributed by atoms with Gasteiger partial charge in [-0.25, -0.2) is 0 Å². The molecule has 0 saturated heterocycles. The quantitative estimate of drug-likeness (QED) is 0.159. The molecule has 0 bridgehead atoms. The highest BCUT2D eigenvalue weighted by molar-refractivity contribution is 7.74. The van der Waals surface area contributed by atoms with Crippen LogP contribution in [0.5, 0.6) is 0 Å². The molecule has 0 N–H and O–H groups in total. The third-order valence-corrected chi connectivity index (χ3v) is 11.3. The molecule has 0 heterocycles. The first-order chi connectivity index (χ1) is 15.3. The lowest BCUT2D eigenvalue weighted by molar-refractivity contribution is -0.00000678. The minimum Gasteiger partial charge on any atom is -1.00 e. The zero-order chi connectivity index (χ0) is 22.0. The fraction of sp³-hybridized carbons (Fsp3) is 0.600. The Labute approximate surface area is 206 Å². The van der Waals surface area contributed by atoms with Crippen LogP contribution in [0.3, 0.4) is 0 Å². The Morgan fingerprint density at radius 3 is 1.19 bits per heavy atom. The third kappa shape index (κ3) is 12.4. The second kappa shape index (κ2) is 18.6. The van der Waals surface area contributed by atoms with Crippen LogP contribution in [0.15, 0.2) is 60.7 Å². The fourth-order valence-corrected chi connectivity index (χ4v) is 9.61. The molecule has 0 radical (unpaired) electrons. The minimum atomic E-state index is -1.05. The molecule has 0 nitrogen and oxygen atoms in total. The zero-order valence-corrected chi connectivity index (χ0v) is 22.6. The van der Waals surface area contributed by atoms with Gasteiger partial charge in [-0.3, -0.25) is 0 Å². The summed E-state index contributed by atoms with van der Waals surface area (Å²) >= 11 is 0. The van der Waals surface area contributed by atoms with Gasteiger partial charge in [0.15, 0.2) is 0 Å². The van der Waals surface area contributed by atoms with Crippen molar-refractivity contribution in [2.24, 2.45) is 0 Å². The van der Waals surface area contributed by atoms with E-state index >= 15 is 0 Å². The molecular formula is C30H48ClP. The highest BCUT2D eigenvalue weighted by atomic mass is 35.5. The van der Waals surface area contributed by atoms with E-state index in [0.717, 1.165) is 0 Å². The molecule has 0 amide bonds. The van der Waals surface area contributed by atoms with Gasteiger partial charge in [-0.05, 0) is 36.8 Å². The molecular weight excluding hydrogens is 427 g/mol. The summed E-state index contributed by atoms with van der Waals surface area (Å²) < 4.78 is 0. The largest absolute Gasteiger partial charge is 1.00 e. The van der Waals surface area contributed by atoms with Crippen molar-refractivity contribution < 1.29 is 12.4 Å². The van der Waals surface area contributed by atoms with Crippen LogP contribution in [0.25, 0.3) is 0 Å². The predicted molar refractivity (Wildman–Crippen MR) is 144 cm³/mol. The third-order valence-electron chi connectivity index (χ3n) is 6.69. The fourth-order valence-electron chi connectivity index (χ4n) is 4.88. The first-order valence-electron chi connectivity index (χ1n) is 13.2. The molecule has 0 unspecified atom stereocenters. The molecule has 0 spiro atoms. The predicted octanol–water partition coefficient (Wildman–Crippen LogP) is 7.13. The van der Waals surface area contributed by atoms with E-state index in [1.807, 2.05) is 0 Å². The van der Waals surface area contributed by atoms with Gasteiger partial charge in [-0.15, -0.1) is 0 Å². The van der Waals surface area contributed by atoms with E-state index in [4.69, 9.17) is 0 Å². The van der Waals surface area contributed by atoms with Crippen LogP contribution < -0.4 is 12.4 Å². The monoisotopic (exact) mass is 474 g/mol. The summed E-state index contributed by atoms with van der Waals surface area (Å²) in [4.78, 5) is 0. The van der Waals surface area contributed by atoms with Crippen molar-refractivity contribution in [2.45, 2.75) is 103 Å². The van der Waals surface area contributed by atoms with Crippen molar-refractivity contribution in [1.82, 2.24) is 0 Å². The Hall–Kier alpha value is -0.840. The number of benzene rings is 2. The summed E-state index contributed by atoms with van der Waals surface area (Å²) in [5.41, 5.74) is 3.15. The van der Waals surface area contributed by atoms with E-state index in [9.17, 15) is 0 Å². The van der Waals surface area contributed by atoms with E-state index in [0.29, 0.717) is 0 Å². The summed E-state index contributed by atoms with van der Waals surface area (Å²) in [7, 11) is -1.05. The molecule has 2 heteroatoms. The first kappa shape index (κ1) is 29.2. The molecule has 0 aliphatic rings. The SMILES string of the molecule is CCCCCCCC[P+](CCCCCCCC)(Cc1ccccc1)Cc1ccccc1.[Cl-]. The Morgan fingerprint density at radius 2 is 0.812 bits per heavy atom. The molecule has 0 aromatic heterocycles. The van der Waals surface area contributed by atoms with Crippen molar-refractivity contribution in [3.63, 3.8) is 0 Å². The number of hydrogen-bond donors (Lipinski definition) is 0. The van der Waals surface area contributed by atoms with E-state index in [1.54, 1.807) is 11.1 Å². The highest BCUT2D eigenvalue weighted by Crippen LogP contribution is 2.65. The normalized spacial score (nSPS) is 11.3. The van der Waals surface area contributed by atoms with Gasteiger partial charge in [-0.2, -0.15) is 0 Å². The average Bonchev–Trinajstić information content (AvgIpc) is 2.80. The van der Waals surface area contributed by atoms with Crippen molar-refractivity contribution in [1.29, 1.82) is 0 Å². The van der Waals surface area contributed by atoms with Crippen LogP contribution >= 0.6 is 7.26 Å². The van der Waals surface area contributed by atoms with Gasteiger partial charge in [0.1, 0.15) is 0 Å². The second-order valence-corrected chi connectivity index (χ2v) is 13.8. The van der Waals surface area contributed by atoms with E-state index < -0.39 is 7.26 Å². The molecule has 180 valence electrons. The molecule has 0 fully saturated rings. The van der Waals surface area contributed by atoms with Crippen molar-refractivity contribution in [3.05, 3.63) is 71.8 Å². The van der Waals surface area contributed by atoms with E-state index in [-0.39, 0.29) is 12.4 Å². The summed E-state index contributed by atoms with van der Waals surface area (Å²) in [6, 6.07) is 22.8. The second-order valence-electron chi connectivity index (χ2n) is 9.61. The topological polar surface area (TPSA) is 0 Å². The maximum Gasteiger partial charge on any atom is 0.0846 e. The molecule has 0 aliphatic heterocycles. The van der Waals surface area contributed by atoms with Crippen LogP contribution in [0, 0.1) is 0 Å². The summed E-state index contributed by atoms with van der Waals surface area (Å²) in [5.74, 6) is 0. The van der Waals surface area contributed by atoms with Gasteiger partial charge in [0.2, 0.25) is 0 Å². The van der Waals surface area contributed by atoms with Gasteiger partial charge >= 0.3 is 0 Å². The van der Waals surface area contributed by atoms with Crippen LogP contribution in [-0.4, -0.2) is 12.3 Å². The van der Waals surface area contributed by atoms with Gasteiger partial charge in [0.25, 0.3) is 0 Å². The molecule has 2 aromatic rings. The Morgan fingerprint density at radius 1 is 0.469 bits per heavy atom. The average molecular weight is 475 g/mol. The van der Waals surface area contributed by atoms with Gasteiger partial charge in [-0.1, -0.05) is 126 Å². The number of hydrogen-bond acceptors (Lipinski definition) is 0. The van der Waals surface area contributed by atoms with E-state index in [1.165, 1.54) is 102 Å². The smallest absolute Gasteiger partial charge is 0.0846 e. The summed E-state index contributed by atoms with van der Waals surface area (Å²) in [6.07, 6.45) is 22.6. The maximum absolute atomic E-state index is 2.38. The van der Waals surface area contributed by atoms with Gasteiger partial charge in [0.05, 0.1) is 24.6 Å². The molecule has 0 aliphatic carbocycles. The van der Waals surface area contributed by atoms with Crippen molar-refractivity contribution in [2.75, 3.05) is 12.3 Å².